The van der Waals surface area contributed by atoms with Gasteiger partial charge in [0.25, 0.3) is 0 Å². The van der Waals surface area contributed by atoms with Crippen molar-refractivity contribution in [1.82, 2.24) is 0 Å². The Morgan fingerprint density at radius 1 is 0.276 bits per heavy atom. The van der Waals surface area contributed by atoms with Gasteiger partial charge in [0.1, 0.15) is 0 Å². The Morgan fingerprint density at radius 3 is 1.59 bits per heavy atom. The lowest BCUT2D eigenvalue weighted by Gasteiger charge is -2.26. The first-order chi connectivity index (χ1) is 28.8. The van der Waals surface area contributed by atoms with Crippen molar-refractivity contribution in [3.8, 4) is 44.5 Å². The molecule has 0 atom stereocenters. The summed E-state index contributed by atoms with van der Waals surface area (Å²) in [5.41, 5.74) is 13.1. The number of fused-ring (bicyclic) bond motifs is 6. The summed E-state index contributed by atoms with van der Waals surface area (Å²) in [6, 6.07) is 81.8. The van der Waals surface area contributed by atoms with Gasteiger partial charge in [-0.1, -0.05) is 170 Å². The quantitative estimate of drug-likeness (QED) is 0.146. The largest absolute Gasteiger partial charge is 0.311 e. The summed E-state index contributed by atoms with van der Waals surface area (Å²) in [5, 5.41) is 7.72. The molecule has 0 N–H and O–H groups in total. The van der Waals surface area contributed by atoms with Crippen molar-refractivity contribution in [2.75, 3.05) is 4.90 Å². The van der Waals surface area contributed by atoms with Gasteiger partial charge in [-0.3, -0.25) is 0 Å². The SMILES string of the molecule is c1ccc(-c2ccc(-c3ccc(N(c4ccccc4)c4ccc(-c5cc6ccccc6c6ccccc56)cc4)cc3)cc2-c2cccc3c2sc2ccccc23)cc1. The summed E-state index contributed by atoms with van der Waals surface area (Å²) in [6.07, 6.45) is 0. The molecule has 1 nitrogen and oxygen atoms in total. The van der Waals surface area contributed by atoms with E-state index in [2.05, 4.69) is 229 Å². The van der Waals surface area contributed by atoms with E-state index in [9.17, 15) is 0 Å². The Kier molecular flexibility index (Phi) is 8.42. The average molecular weight is 756 g/mol. The summed E-state index contributed by atoms with van der Waals surface area (Å²) < 4.78 is 2.64. The van der Waals surface area contributed by atoms with E-state index >= 15 is 0 Å². The van der Waals surface area contributed by atoms with Gasteiger partial charge in [-0.05, 0) is 115 Å². The summed E-state index contributed by atoms with van der Waals surface area (Å²) in [5.74, 6) is 0. The van der Waals surface area contributed by atoms with Crippen LogP contribution in [0.1, 0.15) is 0 Å². The molecule has 11 aromatic rings. The van der Waals surface area contributed by atoms with Gasteiger partial charge in [0.2, 0.25) is 0 Å². The molecular weight excluding hydrogens is 719 g/mol. The third-order valence-electron chi connectivity index (χ3n) is 11.5. The highest BCUT2D eigenvalue weighted by molar-refractivity contribution is 7.26. The summed E-state index contributed by atoms with van der Waals surface area (Å²) in [7, 11) is 0. The van der Waals surface area contributed by atoms with E-state index in [4.69, 9.17) is 0 Å². The third kappa shape index (κ3) is 5.94. The van der Waals surface area contributed by atoms with Gasteiger partial charge in [-0.15, -0.1) is 11.3 Å². The molecule has 0 saturated heterocycles. The fraction of sp³-hybridized carbons (Fsp3) is 0. The number of benzene rings is 10. The first-order valence-electron chi connectivity index (χ1n) is 19.8. The number of thiophene rings is 1. The molecule has 0 bridgehead atoms. The minimum atomic E-state index is 1.11. The molecule has 0 saturated carbocycles. The van der Waals surface area contributed by atoms with E-state index in [0.29, 0.717) is 0 Å². The van der Waals surface area contributed by atoms with Crippen LogP contribution >= 0.6 is 11.3 Å². The topological polar surface area (TPSA) is 3.24 Å². The van der Waals surface area contributed by atoms with Crippen LogP contribution in [0, 0.1) is 0 Å². The van der Waals surface area contributed by atoms with Gasteiger partial charge in [0.15, 0.2) is 0 Å². The fourth-order valence-corrected chi connectivity index (χ4v) is 9.92. The molecular formula is C56H37NS. The van der Waals surface area contributed by atoms with Crippen molar-refractivity contribution in [2.24, 2.45) is 0 Å². The Labute approximate surface area is 342 Å². The van der Waals surface area contributed by atoms with Crippen LogP contribution in [-0.2, 0) is 0 Å². The Bertz CT molecular complexity index is 3250. The zero-order valence-corrected chi connectivity index (χ0v) is 32.5. The van der Waals surface area contributed by atoms with E-state index < -0.39 is 0 Å². The van der Waals surface area contributed by atoms with E-state index in [0.717, 1.165) is 17.1 Å². The normalized spacial score (nSPS) is 11.4. The molecule has 1 heterocycles. The van der Waals surface area contributed by atoms with E-state index in [1.54, 1.807) is 0 Å². The first kappa shape index (κ1) is 34.0. The molecule has 0 fully saturated rings. The van der Waals surface area contributed by atoms with Crippen LogP contribution in [0.5, 0.6) is 0 Å². The van der Waals surface area contributed by atoms with Crippen LogP contribution in [0.15, 0.2) is 224 Å². The van der Waals surface area contributed by atoms with Crippen molar-refractivity contribution in [3.63, 3.8) is 0 Å². The molecule has 0 aliphatic carbocycles. The van der Waals surface area contributed by atoms with E-state index in [-0.39, 0.29) is 0 Å². The second kappa shape index (κ2) is 14.4. The molecule has 2 heteroatoms. The lowest BCUT2D eigenvalue weighted by molar-refractivity contribution is 1.28. The molecule has 272 valence electrons. The van der Waals surface area contributed by atoms with Crippen molar-refractivity contribution in [2.45, 2.75) is 0 Å². The smallest absolute Gasteiger partial charge is 0.0462 e. The first-order valence-corrected chi connectivity index (χ1v) is 20.7. The molecule has 10 aromatic carbocycles. The third-order valence-corrected chi connectivity index (χ3v) is 12.7. The molecule has 58 heavy (non-hydrogen) atoms. The zero-order valence-electron chi connectivity index (χ0n) is 31.7. The summed E-state index contributed by atoms with van der Waals surface area (Å²) in [6.45, 7) is 0. The van der Waals surface area contributed by atoms with Crippen molar-refractivity contribution < 1.29 is 0 Å². The van der Waals surface area contributed by atoms with Gasteiger partial charge in [-0.25, -0.2) is 0 Å². The van der Waals surface area contributed by atoms with Gasteiger partial charge in [0, 0.05) is 42.8 Å². The summed E-state index contributed by atoms with van der Waals surface area (Å²) in [4.78, 5) is 2.35. The Hall–Kier alpha value is -7.26. The van der Waals surface area contributed by atoms with Crippen LogP contribution < -0.4 is 4.90 Å². The molecule has 0 aliphatic rings. The molecule has 1 aromatic heterocycles. The maximum Gasteiger partial charge on any atom is 0.0462 e. The Morgan fingerprint density at radius 2 is 0.828 bits per heavy atom. The summed E-state index contributed by atoms with van der Waals surface area (Å²) >= 11 is 1.88. The monoisotopic (exact) mass is 755 g/mol. The highest BCUT2D eigenvalue weighted by atomic mass is 32.1. The van der Waals surface area contributed by atoms with Crippen LogP contribution in [0.4, 0.5) is 17.1 Å². The van der Waals surface area contributed by atoms with Gasteiger partial charge in [-0.2, -0.15) is 0 Å². The number of hydrogen-bond donors (Lipinski definition) is 0. The van der Waals surface area contributed by atoms with Gasteiger partial charge >= 0.3 is 0 Å². The predicted octanol–water partition coefficient (Wildman–Crippen LogP) is 16.5. The van der Waals surface area contributed by atoms with Crippen LogP contribution in [0.3, 0.4) is 0 Å². The standard InChI is InChI=1S/C56H37NS/c1-3-14-39(15-4-1)47-35-30-41(36-54(47)52-24-13-23-51-50-22-11-12-25-55(50)58-56(51)52)38-26-31-44(32-27-38)57(43-17-5-2-6-18-43)45-33-28-40(29-34-45)53-37-42-16-7-8-19-46(42)48-20-9-10-21-49(48)53/h1-37H. The number of anilines is 3. The van der Waals surface area contributed by atoms with Crippen LogP contribution in [-0.4, -0.2) is 0 Å². The second-order valence-corrected chi connectivity index (χ2v) is 15.9. The lowest BCUT2D eigenvalue weighted by Crippen LogP contribution is -2.09. The molecule has 0 radical (unpaired) electrons. The van der Waals surface area contributed by atoms with Gasteiger partial charge in [0.05, 0.1) is 0 Å². The minimum Gasteiger partial charge on any atom is -0.311 e. The van der Waals surface area contributed by atoms with Crippen molar-refractivity contribution in [1.29, 1.82) is 0 Å². The maximum absolute atomic E-state index is 2.39. The highest BCUT2D eigenvalue weighted by Crippen LogP contribution is 2.45. The van der Waals surface area contributed by atoms with E-state index in [1.807, 2.05) is 11.3 Å². The minimum absolute atomic E-state index is 1.11. The average Bonchev–Trinajstić information content (AvgIpc) is 3.69. The molecule has 11 rings (SSSR count). The number of rotatable bonds is 7. The van der Waals surface area contributed by atoms with E-state index in [1.165, 1.54) is 86.2 Å². The zero-order chi connectivity index (χ0) is 38.4. The number of nitrogens with zero attached hydrogens (tertiary/aromatic N) is 1. The number of hydrogen-bond acceptors (Lipinski definition) is 2. The Balaban J connectivity index is 0.988. The second-order valence-electron chi connectivity index (χ2n) is 14.9. The van der Waals surface area contributed by atoms with Crippen molar-refractivity contribution in [3.05, 3.63) is 224 Å². The molecule has 0 unspecified atom stereocenters. The number of para-hydroxylation sites is 1. The molecule has 0 spiro atoms. The molecule has 0 amide bonds. The maximum atomic E-state index is 2.39. The predicted molar refractivity (Wildman–Crippen MR) is 251 cm³/mol. The lowest BCUT2D eigenvalue weighted by atomic mass is 9.90. The fourth-order valence-electron chi connectivity index (χ4n) is 8.69. The van der Waals surface area contributed by atoms with Crippen LogP contribution in [0.2, 0.25) is 0 Å². The van der Waals surface area contributed by atoms with Gasteiger partial charge < -0.3 is 4.90 Å². The highest BCUT2D eigenvalue weighted by Gasteiger charge is 2.17. The molecule has 0 aliphatic heterocycles. The van der Waals surface area contributed by atoms with Crippen molar-refractivity contribution >= 4 is 70.1 Å². The van der Waals surface area contributed by atoms with Crippen LogP contribution in [0.25, 0.3) is 86.2 Å².